The van der Waals surface area contributed by atoms with Gasteiger partial charge in [0.05, 0.1) is 29.5 Å². The van der Waals surface area contributed by atoms with Gasteiger partial charge in [-0.2, -0.15) is 18.4 Å². The molecule has 2 aromatic rings. The Bertz CT molecular complexity index is 1160. The summed E-state index contributed by atoms with van der Waals surface area (Å²) in [5.74, 6) is 1.83. The van der Waals surface area contributed by atoms with Crippen molar-refractivity contribution in [2.45, 2.75) is 110 Å². The van der Waals surface area contributed by atoms with E-state index in [1.54, 1.807) is 18.5 Å². The number of rotatable bonds is 10. The third kappa shape index (κ3) is 10.5. The van der Waals surface area contributed by atoms with Crippen LogP contribution in [-0.4, -0.2) is 41.0 Å². The molecular formula is C33H45F3N4O2. The van der Waals surface area contributed by atoms with Gasteiger partial charge in [-0.25, -0.2) is 0 Å². The molecule has 1 N–H and O–H groups in total. The first-order valence-electron chi connectivity index (χ1n) is 15.4. The van der Waals surface area contributed by atoms with Crippen LogP contribution in [0.5, 0.6) is 5.75 Å². The molecule has 1 aromatic carbocycles. The highest BCUT2D eigenvalue weighted by Crippen LogP contribution is 2.34. The molecule has 1 aromatic heterocycles. The minimum absolute atomic E-state index is 0.0782. The average Bonchev–Trinajstić information content (AvgIpc) is 3.47. The monoisotopic (exact) mass is 586 g/mol. The summed E-state index contributed by atoms with van der Waals surface area (Å²) < 4.78 is 45.2. The van der Waals surface area contributed by atoms with Crippen LogP contribution in [0.1, 0.15) is 101 Å². The lowest BCUT2D eigenvalue weighted by atomic mass is 9.92. The molecule has 2 fully saturated rings. The molecule has 1 amide bonds. The second-order valence-electron chi connectivity index (χ2n) is 11.5. The molecular weight excluding hydrogens is 541 g/mol. The van der Waals surface area contributed by atoms with Crippen LogP contribution in [0.25, 0.3) is 0 Å². The van der Waals surface area contributed by atoms with Gasteiger partial charge < -0.3 is 15.0 Å². The van der Waals surface area contributed by atoms with E-state index in [0.29, 0.717) is 17.5 Å². The van der Waals surface area contributed by atoms with Crippen molar-refractivity contribution in [1.29, 1.82) is 5.26 Å². The fourth-order valence-corrected chi connectivity index (χ4v) is 5.80. The van der Waals surface area contributed by atoms with E-state index in [0.717, 1.165) is 75.4 Å². The normalized spacial score (nSPS) is 18.9. The van der Waals surface area contributed by atoms with Crippen LogP contribution < -0.4 is 10.1 Å². The molecule has 2 aliphatic rings. The minimum atomic E-state index is -4.55. The van der Waals surface area contributed by atoms with Crippen LogP contribution in [-0.2, 0) is 11.0 Å². The molecule has 0 unspecified atom stereocenters. The van der Waals surface area contributed by atoms with Gasteiger partial charge in [0.25, 0.3) is 0 Å². The quantitative estimate of drug-likeness (QED) is 0.303. The van der Waals surface area contributed by atoms with Crippen LogP contribution >= 0.6 is 0 Å². The molecule has 230 valence electrons. The topological polar surface area (TPSA) is 78.2 Å². The van der Waals surface area contributed by atoms with Crippen LogP contribution in [0.4, 0.5) is 18.9 Å². The lowest BCUT2D eigenvalue weighted by Gasteiger charge is -2.30. The first-order chi connectivity index (χ1) is 20.1. The predicted octanol–water partition coefficient (Wildman–Crippen LogP) is 8.30. The van der Waals surface area contributed by atoms with Crippen LogP contribution in [0.3, 0.4) is 0 Å². The summed E-state index contributed by atoms with van der Waals surface area (Å²) in [6.07, 6.45) is 10.4. The molecule has 42 heavy (non-hydrogen) atoms. The van der Waals surface area contributed by atoms with Gasteiger partial charge in [-0.15, -0.1) is 0 Å². The molecule has 6 nitrogen and oxygen atoms in total. The van der Waals surface area contributed by atoms with Gasteiger partial charge in [-0.3, -0.25) is 9.78 Å². The maximum Gasteiger partial charge on any atom is 0.417 e. The Morgan fingerprint density at radius 2 is 1.71 bits per heavy atom. The van der Waals surface area contributed by atoms with Crippen molar-refractivity contribution in [3.05, 3.63) is 53.3 Å². The number of nitriles is 1. The second kappa shape index (κ2) is 16.4. The van der Waals surface area contributed by atoms with E-state index in [-0.39, 0.29) is 17.7 Å². The number of aromatic nitrogens is 1. The molecule has 2 aliphatic carbocycles. The number of pyridine rings is 1. The highest BCUT2D eigenvalue weighted by molar-refractivity contribution is 5.76. The number of halogens is 3. The highest BCUT2D eigenvalue weighted by atomic mass is 19.4. The number of nitrogens with zero attached hydrogens (tertiary/aromatic N) is 3. The Kier molecular flexibility index (Phi) is 13.0. The number of nitrogens with one attached hydrogen (secondary N) is 1. The number of carbonyl (C=O) groups excluding carboxylic acids is 1. The van der Waals surface area contributed by atoms with E-state index in [4.69, 9.17) is 10.00 Å². The molecule has 0 spiro atoms. The number of ether oxygens (including phenoxy) is 1. The predicted molar refractivity (Wildman–Crippen MR) is 159 cm³/mol. The fraction of sp³-hybridized carbons (Fsp3) is 0.606. The zero-order valence-corrected chi connectivity index (χ0v) is 25.2. The number of benzene rings is 1. The van der Waals surface area contributed by atoms with Crippen molar-refractivity contribution in [1.82, 2.24) is 9.88 Å². The third-order valence-corrected chi connectivity index (χ3v) is 7.92. The van der Waals surface area contributed by atoms with Crippen molar-refractivity contribution in [3.8, 4) is 11.8 Å². The van der Waals surface area contributed by atoms with E-state index in [2.05, 4.69) is 29.0 Å². The number of carbonyl (C=O) groups is 1. The van der Waals surface area contributed by atoms with Gasteiger partial charge in [0.2, 0.25) is 5.91 Å². The number of hydrogen-bond donors (Lipinski definition) is 1. The number of hydrogen-bond acceptors (Lipinski definition) is 5. The van der Waals surface area contributed by atoms with Crippen molar-refractivity contribution in [2.24, 2.45) is 5.92 Å². The summed E-state index contributed by atoms with van der Waals surface area (Å²) in [6, 6.07) is 7.36. The maximum absolute atomic E-state index is 13.1. The molecule has 0 saturated heterocycles. The smallest absolute Gasteiger partial charge is 0.417 e. The average molecular weight is 587 g/mol. The second-order valence-corrected chi connectivity index (χ2v) is 11.5. The zero-order chi connectivity index (χ0) is 30.5. The molecule has 0 atom stereocenters. The van der Waals surface area contributed by atoms with E-state index < -0.39 is 11.7 Å². The Labute approximate surface area is 248 Å². The lowest BCUT2D eigenvalue weighted by Crippen LogP contribution is -2.33. The van der Waals surface area contributed by atoms with E-state index in [1.165, 1.54) is 37.8 Å². The van der Waals surface area contributed by atoms with Gasteiger partial charge in [0.1, 0.15) is 5.75 Å². The largest absolute Gasteiger partial charge is 0.489 e. The summed E-state index contributed by atoms with van der Waals surface area (Å²) >= 11 is 0. The van der Waals surface area contributed by atoms with E-state index in [1.807, 2.05) is 13.0 Å². The van der Waals surface area contributed by atoms with Gasteiger partial charge in [0.15, 0.2) is 0 Å². The molecule has 9 heteroatoms. The molecule has 0 radical (unpaired) electrons. The molecule has 1 heterocycles. The summed E-state index contributed by atoms with van der Waals surface area (Å²) in [4.78, 5) is 18.2. The molecule has 0 aliphatic heterocycles. The molecule has 2 saturated carbocycles. The summed E-state index contributed by atoms with van der Waals surface area (Å²) in [5.41, 5.74) is 0.147. The summed E-state index contributed by atoms with van der Waals surface area (Å²) in [5, 5.41) is 12.0. The third-order valence-electron chi connectivity index (χ3n) is 7.92. The van der Waals surface area contributed by atoms with E-state index in [9.17, 15) is 18.0 Å². The fourth-order valence-electron chi connectivity index (χ4n) is 5.80. The first kappa shape index (κ1) is 33.2. The van der Waals surface area contributed by atoms with Gasteiger partial charge in [-0.1, -0.05) is 26.7 Å². The Morgan fingerprint density at radius 1 is 1.05 bits per heavy atom. The number of amides is 1. The molecule has 4 rings (SSSR count). The van der Waals surface area contributed by atoms with Crippen molar-refractivity contribution in [3.63, 3.8) is 0 Å². The van der Waals surface area contributed by atoms with Crippen LogP contribution in [0, 0.1) is 24.2 Å². The van der Waals surface area contributed by atoms with Crippen molar-refractivity contribution in [2.75, 3.05) is 18.4 Å². The highest BCUT2D eigenvalue weighted by Gasteiger charge is 2.34. The number of anilines is 1. The summed E-state index contributed by atoms with van der Waals surface area (Å²) in [6.45, 7) is 8.13. The lowest BCUT2D eigenvalue weighted by molar-refractivity contribution is -0.137. The van der Waals surface area contributed by atoms with Crippen LogP contribution in [0.2, 0.25) is 0 Å². The van der Waals surface area contributed by atoms with Crippen molar-refractivity contribution < 1.29 is 22.7 Å². The Hall–Kier alpha value is -3.28. The number of aryl methyl sites for hydroxylation is 1. The standard InChI is InChI=1S/C20H20F3N3O.C13H25NO/c1-13-8-18(12-25-11-13)27-17-6-4-15(5-7-17)26-16-3-2-14(10-24)19(9-16)20(21,22)23;1-3-9-14(10-4-2)13(15)11-12-7-5-6-8-12/h2-3,8-9,11-12,15,17,26H,4-7H2,1H3;12H,3-11H2,1-2H3. The summed E-state index contributed by atoms with van der Waals surface area (Å²) in [7, 11) is 0. The maximum atomic E-state index is 13.1. The van der Waals surface area contributed by atoms with Gasteiger partial charge in [0, 0.05) is 37.4 Å². The Balaban J connectivity index is 0.000000274. The molecule has 0 bridgehead atoms. The first-order valence-corrected chi connectivity index (χ1v) is 15.4. The zero-order valence-electron chi connectivity index (χ0n) is 25.2. The van der Waals surface area contributed by atoms with Gasteiger partial charge >= 0.3 is 6.18 Å². The van der Waals surface area contributed by atoms with E-state index >= 15 is 0 Å². The van der Waals surface area contributed by atoms with Crippen LogP contribution in [0.15, 0.2) is 36.7 Å². The minimum Gasteiger partial charge on any atom is -0.489 e. The SMILES string of the molecule is CCCN(CCC)C(=O)CC1CCCC1.Cc1cncc(OC2CCC(Nc3ccc(C#N)c(C(F)(F)F)c3)CC2)c1. The van der Waals surface area contributed by atoms with Gasteiger partial charge in [-0.05, 0) is 94.0 Å². The Morgan fingerprint density at radius 3 is 2.29 bits per heavy atom. The number of alkyl halides is 3. The van der Waals surface area contributed by atoms with Crippen molar-refractivity contribution >= 4 is 11.6 Å².